The first-order valence-electron chi connectivity index (χ1n) is 8.95. The van der Waals surface area contributed by atoms with E-state index in [1.807, 2.05) is 0 Å². The molecule has 0 aromatic rings. The maximum absolute atomic E-state index is 13.9. The van der Waals surface area contributed by atoms with E-state index in [0.29, 0.717) is 17.9 Å². The molecule has 1 aliphatic carbocycles. The molecule has 0 aromatic carbocycles. The number of halogens is 2. The van der Waals surface area contributed by atoms with E-state index in [0.717, 1.165) is 32.4 Å². The summed E-state index contributed by atoms with van der Waals surface area (Å²) in [6, 6.07) is -0.488. The molecule has 5 heteroatoms. The van der Waals surface area contributed by atoms with Crippen molar-refractivity contribution in [3.05, 3.63) is 0 Å². The highest BCUT2D eigenvalue weighted by atomic mass is 19.3. The molecule has 0 aromatic heterocycles. The van der Waals surface area contributed by atoms with Crippen molar-refractivity contribution in [2.45, 2.75) is 76.4 Å². The summed E-state index contributed by atoms with van der Waals surface area (Å²) in [5.41, 5.74) is 6.33. The number of piperidine rings is 1. The Balaban J connectivity index is 1.58. The topological polar surface area (TPSA) is 32.5 Å². The highest BCUT2D eigenvalue weighted by Gasteiger charge is 2.49. The van der Waals surface area contributed by atoms with Gasteiger partial charge in [0.1, 0.15) is 0 Å². The van der Waals surface area contributed by atoms with Crippen LogP contribution >= 0.6 is 0 Å². The molecule has 0 unspecified atom stereocenters. The summed E-state index contributed by atoms with van der Waals surface area (Å²) in [6.07, 6.45) is 4.96. The maximum Gasteiger partial charge on any atom is 0.264 e. The van der Waals surface area contributed by atoms with Crippen molar-refractivity contribution in [1.82, 2.24) is 9.80 Å². The number of alkyl halides is 2. The van der Waals surface area contributed by atoms with Crippen molar-refractivity contribution in [2.75, 3.05) is 26.2 Å². The highest BCUT2D eigenvalue weighted by molar-refractivity contribution is 5.00. The molecule has 22 heavy (non-hydrogen) atoms. The smallest absolute Gasteiger partial charge is 0.264 e. The molecule has 3 nitrogen and oxygen atoms in total. The SMILES string of the molecule is CC(C)N1CCC2(CCN([C@H]3CCCC(F)(F)[C@@H]3N)CC2)C1. The number of rotatable bonds is 2. The largest absolute Gasteiger partial charge is 0.321 e. The fourth-order valence-electron chi connectivity index (χ4n) is 4.73. The van der Waals surface area contributed by atoms with Crippen LogP contribution in [-0.4, -0.2) is 60.0 Å². The van der Waals surface area contributed by atoms with Gasteiger partial charge in [-0.3, -0.25) is 4.90 Å². The molecule has 1 spiro atoms. The lowest BCUT2D eigenvalue weighted by Crippen LogP contribution is -2.60. The summed E-state index contributed by atoms with van der Waals surface area (Å²) in [5.74, 6) is -2.68. The first-order chi connectivity index (χ1) is 10.3. The Bertz CT molecular complexity index is 391. The van der Waals surface area contributed by atoms with Gasteiger partial charge in [-0.25, -0.2) is 8.78 Å². The van der Waals surface area contributed by atoms with E-state index in [1.54, 1.807) is 0 Å². The van der Waals surface area contributed by atoms with Crippen LogP contribution in [0.3, 0.4) is 0 Å². The first kappa shape index (κ1) is 16.6. The van der Waals surface area contributed by atoms with Gasteiger partial charge in [0.15, 0.2) is 0 Å². The Labute approximate surface area is 133 Å². The molecule has 0 radical (unpaired) electrons. The maximum atomic E-state index is 13.9. The molecular weight excluding hydrogens is 284 g/mol. The number of nitrogens with zero attached hydrogens (tertiary/aromatic N) is 2. The van der Waals surface area contributed by atoms with Crippen LogP contribution in [0.15, 0.2) is 0 Å². The summed E-state index contributed by atoms with van der Waals surface area (Å²) in [5, 5.41) is 0. The van der Waals surface area contributed by atoms with Gasteiger partial charge in [0.2, 0.25) is 0 Å². The number of nitrogens with two attached hydrogens (primary N) is 1. The molecule has 3 rings (SSSR count). The zero-order valence-corrected chi connectivity index (χ0v) is 14.0. The van der Waals surface area contributed by atoms with E-state index < -0.39 is 12.0 Å². The van der Waals surface area contributed by atoms with Gasteiger partial charge in [-0.1, -0.05) is 0 Å². The second kappa shape index (κ2) is 5.99. The molecule has 2 aliphatic heterocycles. The van der Waals surface area contributed by atoms with E-state index in [2.05, 4.69) is 23.6 Å². The van der Waals surface area contributed by atoms with E-state index in [-0.39, 0.29) is 12.5 Å². The number of hydrogen-bond acceptors (Lipinski definition) is 3. The second-order valence-electron chi connectivity index (χ2n) is 8.10. The first-order valence-corrected chi connectivity index (χ1v) is 8.95. The van der Waals surface area contributed by atoms with Crippen molar-refractivity contribution < 1.29 is 8.78 Å². The zero-order chi connectivity index (χ0) is 16.0. The van der Waals surface area contributed by atoms with Crippen molar-refractivity contribution in [1.29, 1.82) is 0 Å². The Morgan fingerprint density at radius 2 is 1.68 bits per heavy atom. The molecule has 1 saturated carbocycles. The van der Waals surface area contributed by atoms with Crippen LogP contribution in [0, 0.1) is 5.41 Å². The van der Waals surface area contributed by atoms with Gasteiger partial charge in [-0.05, 0) is 71.0 Å². The summed E-state index contributed by atoms with van der Waals surface area (Å²) in [7, 11) is 0. The average Bonchev–Trinajstić information content (AvgIpc) is 2.88. The molecular formula is C17H31F2N3. The van der Waals surface area contributed by atoms with Gasteiger partial charge >= 0.3 is 0 Å². The Morgan fingerprint density at radius 3 is 2.27 bits per heavy atom. The monoisotopic (exact) mass is 315 g/mol. The fraction of sp³-hybridized carbons (Fsp3) is 1.00. The quantitative estimate of drug-likeness (QED) is 0.850. The summed E-state index contributed by atoms with van der Waals surface area (Å²) in [6.45, 7) is 8.79. The Kier molecular flexibility index (Phi) is 4.52. The number of hydrogen-bond donors (Lipinski definition) is 1. The third-order valence-corrected chi connectivity index (χ3v) is 6.44. The van der Waals surface area contributed by atoms with Crippen molar-refractivity contribution >= 4 is 0 Å². The minimum Gasteiger partial charge on any atom is -0.321 e. The standard InChI is InChI=1S/C17H31F2N3/c1-13(2)22-11-8-16(12-22)6-9-21(10-7-16)14-4-3-5-17(18,19)15(14)20/h13-15H,3-12,20H2,1-2H3/t14-,15+/m0/s1. The molecule has 0 bridgehead atoms. The number of likely N-dealkylation sites (tertiary alicyclic amines) is 2. The molecule has 2 atom stereocenters. The molecule has 2 saturated heterocycles. The molecule has 3 aliphatic rings. The van der Waals surface area contributed by atoms with Crippen LogP contribution < -0.4 is 5.73 Å². The normalized spacial score (nSPS) is 36.3. The predicted molar refractivity (Wildman–Crippen MR) is 85.1 cm³/mol. The molecule has 128 valence electrons. The van der Waals surface area contributed by atoms with Gasteiger partial charge < -0.3 is 10.6 Å². The van der Waals surface area contributed by atoms with E-state index >= 15 is 0 Å². The van der Waals surface area contributed by atoms with Gasteiger partial charge in [0.05, 0.1) is 6.04 Å². The van der Waals surface area contributed by atoms with Crippen molar-refractivity contribution in [2.24, 2.45) is 11.1 Å². The predicted octanol–water partition coefficient (Wildman–Crippen LogP) is 2.70. The summed E-state index contributed by atoms with van der Waals surface area (Å²) < 4.78 is 27.8. The van der Waals surface area contributed by atoms with Crippen LogP contribution in [0.4, 0.5) is 8.78 Å². The van der Waals surface area contributed by atoms with Crippen LogP contribution in [0.25, 0.3) is 0 Å². The van der Waals surface area contributed by atoms with Crippen molar-refractivity contribution in [3.63, 3.8) is 0 Å². The van der Waals surface area contributed by atoms with E-state index in [1.165, 1.54) is 19.5 Å². The Morgan fingerprint density at radius 1 is 1.05 bits per heavy atom. The van der Waals surface area contributed by atoms with Crippen molar-refractivity contribution in [3.8, 4) is 0 Å². The van der Waals surface area contributed by atoms with Gasteiger partial charge in [0, 0.05) is 25.0 Å². The summed E-state index contributed by atoms with van der Waals surface area (Å²) in [4.78, 5) is 4.83. The third-order valence-electron chi connectivity index (χ3n) is 6.44. The van der Waals surface area contributed by atoms with Crippen LogP contribution in [-0.2, 0) is 0 Å². The molecule has 3 fully saturated rings. The van der Waals surface area contributed by atoms with Crippen LogP contribution in [0.2, 0.25) is 0 Å². The second-order valence-corrected chi connectivity index (χ2v) is 8.10. The van der Waals surface area contributed by atoms with E-state index in [4.69, 9.17) is 5.73 Å². The highest BCUT2D eigenvalue weighted by Crippen LogP contribution is 2.43. The Hall–Kier alpha value is -0.260. The van der Waals surface area contributed by atoms with Gasteiger partial charge in [-0.2, -0.15) is 0 Å². The summed E-state index contributed by atoms with van der Waals surface area (Å²) >= 11 is 0. The van der Waals surface area contributed by atoms with E-state index in [9.17, 15) is 8.78 Å². The lowest BCUT2D eigenvalue weighted by atomic mass is 9.76. The van der Waals surface area contributed by atoms with Gasteiger partial charge in [-0.15, -0.1) is 0 Å². The molecule has 0 amide bonds. The molecule has 2 heterocycles. The fourth-order valence-corrected chi connectivity index (χ4v) is 4.73. The van der Waals surface area contributed by atoms with Crippen LogP contribution in [0.1, 0.15) is 52.4 Å². The zero-order valence-electron chi connectivity index (χ0n) is 14.0. The average molecular weight is 315 g/mol. The minimum atomic E-state index is -2.68. The lowest BCUT2D eigenvalue weighted by Gasteiger charge is -2.47. The lowest BCUT2D eigenvalue weighted by molar-refractivity contribution is -0.0890. The third kappa shape index (κ3) is 3.04. The van der Waals surface area contributed by atoms with Gasteiger partial charge in [0.25, 0.3) is 5.92 Å². The molecule has 2 N–H and O–H groups in total. The van der Waals surface area contributed by atoms with Crippen LogP contribution in [0.5, 0.6) is 0 Å². The minimum absolute atomic E-state index is 0.0359.